The fourth-order valence-corrected chi connectivity index (χ4v) is 4.67. The maximum absolute atomic E-state index is 11.8. The Morgan fingerprint density at radius 3 is 3.00 bits per heavy atom. The number of nitrogens with two attached hydrogens (primary N) is 1. The summed E-state index contributed by atoms with van der Waals surface area (Å²) in [7, 11) is 1.84. The molecule has 0 saturated carbocycles. The largest absolute Gasteiger partial charge is 0.365 e. The molecule has 1 atom stereocenters. The van der Waals surface area contributed by atoms with E-state index in [1.807, 2.05) is 7.05 Å². The molecule has 7 heteroatoms. The molecule has 2 N–H and O–H groups in total. The third-order valence-corrected chi connectivity index (χ3v) is 6.09. The first-order chi connectivity index (χ1) is 13.1. The minimum absolute atomic E-state index is 0.253. The Labute approximate surface area is 163 Å². The molecule has 0 unspecified atom stereocenters. The Kier molecular flexibility index (Phi) is 5.13. The van der Waals surface area contributed by atoms with Gasteiger partial charge in [0.05, 0.1) is 17.8 Å². The predicted molar refractivity (Wildman–Crippen MR) is 107 cm³/mol. The maximum atomic E-state index is 11.8. The molecule has 4 rings (SSSR count). The van der Waals surface area contributed by atoms with Crippen molar-refractivity contribution in [2.75, 3.05) is 13.1 Å². The summed E-state index contributed by atoms with van der Waals surface area (Å²) in [5.74, 6) is -0.136. The van der Waals surface area contributed by atoms with Crippen molar-refractivity contribution in [1.29, 1.82) is 0 Å². The van der Waals surface area contributed by atoms with Crippen LogP contribution < -0.4 is 5.73 Å². The van der Waals surface area contributed by atoms with Crippen LogP contribution in [-0.2, 0) is 20.1 Å². The van der Waals surface area contributed by atoms with E-state index in [0.29, 0.717) is 5.56 Å². The topological polar surface area (TPSA) is 69.1 Å². The summed E-state index contributed by atoms with van der Waals surface area (Å²) in [5.41, 5.74) is 8.29. The maximum Gasteiger partial charge on any atom is 0.252 e. The predicted octanol–water partition coefficient (Wildman–Crippen LogP) is 2.81. The zero-order chi connectivity index (χ0) is 18.8. The van der Waals surface area contributed by atoms with Crippen molar-refractivity contribution in [3.05, 3.63) is 63.9 Å². The number of hydrogen-bond acceptors (Lipinski definition) is 4. The lowest BCUT2D eigenvalue weighted by Gasteiger charge is -2.32. The van der Waals surface area contributed by atoms with Crippen LogP contribution in [0.15, 0.2) is 42.0 Å². The third-order valence-electron chi connectivity index (χ3n) is 5.23. The summed E-state index contributed by atoms with van der Waals surface area (Å²) in [6, 6.07) is 8.60. The second kappa shape index (κ2) is 7.70. The van der Waals surface area contributed by atoms with E-state index in [1.165, 1.54) is 10.6 Å². The molecule has 142 valence electrons. The molecule has 0 radical (unpaired) electrons. The summed E-state index contributed by atoms with van der Waals surface area (Å²) in [5, 5.41) is 6.66. The summed E-state index contributed by atoms with van der Waals surface area (Å²) in [6.45, 7) is 3.80. The van der Waals surface area contributed by atoms with E-state index >= 15 is 0 Å². The van der Waals surface area contributed by atoms with Crippen LogP contribution in [0, 0.1) is 0 Å². The SMILES string of the molecule is Cn1cc(C(N)=O)c([C@@H]2CCCN(Cc3cccn3Cc3cccs3)C2)n1. The molecule has 1 aliphatic heterocycles. The average Bonchev–Trinajstić information content (AvgIpc) is 3.38. The van der Waals surface area contributed by atoms with Crippen molar-refractivity contribution < 1.29 is 4.79 Å². The normalized spacial score (nSPS) is 18.0. The lowest BCUT2D eigenvalue weighted by Crippen LogP contribution is -2.35. The zero-order valence-corrected chi connectivity index (χ0v) is 16.4. The molecule has 0 aromatic carbocycles. The molecule has 3 aromatic heterocycles. The minimum atomic E-state index is -0.389. The first kappa shape index (κ1) is 18.0. The second-order valence-electron chi connectivity index (χ2n) is 7.25. The lowest BCUT2D eigenvalue weighted by atomic mass is 9.92. The van der Waals surface area contributed by atoms with Gasteiger partial charge in [0, 0.05) is 49.0 Å². The fraction of sp³-hybridized carbons (Fsp3) is 0.400. The van der Waals surface area contributed by atoms with Crippen molar-refractivity contribution in [3.63, 3.8) is 0 Å². The molecule has 0 aliphatic carbocycles. The molecule has 1 saturated heterocycles. The van der Waals surface area contributed by atoms with Gasteiger partial charge in [-0.2, -0.15) is 5.10 Å². The van der Waals surface area contributed by atoms with Crippen LogP contribution in [-0.4, -0.2) is 38.2 Å². The van der Waals surface area contributed by atoms with Crippen molar-refractivity contribution in [2.45, 2.75) is 31.8 Å². The van der Waals surface area contributed by atoms with Gasteiger partial charge in [-0.1, -0.05) is 6.07 Å². The highest BCUT2D eigenvalue weighted by Gasteiger charge is 2.27. The standard InChI is InChI=1S/C20H25N5OS/c1-23-14-18(20(21)26)19(22-23)15-5-2-8-24(11-15)12-16-6-3-9-25(16)13-17-7-4-10-27-17/h3-4,6-7,9-10,14-15H,2,5,8,11-13H2,1H3,(H2,21,26)/t15-/m1/s1. The van der Waals surface area contributed by atoms with E-state index in [4.69, 9.17) is 5.73 Å². The van der Waals surface area contributed by atoms with Crippen LogP contribution in [0.25, 0.3) is 0 Å². The number of carbonyl (C=O) groups is 1. The van der Waals surface area contributed by atoms with E-state index < -0.39 is 0 Å². The Balaban J connectivity index is 1.47. The van der Waals surface area contributed by atoms with Gasteiger partial charge in [0.1, 0.15) is 0 Å². The van der Waals surface area contributed by atoms with Gasteiger partial charge in [-0.15, -0.1) is 11.3 Å². The van der Waals surface area contributed by atoms with Crippen LogP contribution in [0.2, 0.25) is 0 Å². The number of aryl methyl sites for hydroxylation is 1. The Bertz CT molecular complexity index is 911. The van der Waals surface area contributed by atoms with E-state index in [9.17, 15) is 4.79 Å². The highest BCUT2D eigenvalue weighted by atomic mass is 32.1. The first-order valence-electron chi connectivity index (χ1n) is 9.32. The molecule has 4 heterocycles. The van der Waals surface area contributed by atoms with Gasteiger partial charge in [0.2, 0.25) is 0 Å². The molecular weight excluding hydrogens is 358 g/mol. The lowest BCUT2D eigenvalue weighted by molar-refractivity contribution is 0.0997. The van der Waals surface area contributed by atoms with Crippen LogP contribution >= 0.6 is 11.3 Å². The summed E-state index contributed by atoms with van der Waals surface area (Å²) < 4.78 is 4.02. The highest BCUT2D eigenvalue weighted by molar-refractivity contribution is 7.09. The fourth-order valence-electron chi connectivity index (χ4n) is 3.97. The summed E-state index contributed by atoms with van der Waals surface area (Å²) in [4.78, 5) is 15.6. The van der Waals surface area contributed by atoms with Gasteiger partial charge in [-0.3, -0.25) is 14.4 Å². The van der Waals surface area contributed by atoms with Crippen molar-refractivity contribution in [2.24, 2.45) is 12.8 Å². The Hall–Kier alpha value is -2.38. The Morgan fingerprint density at radius 1 is 1.33 bits per heavy atom. The summed E-state index contributed by atoms with van der Waals surface area (Å²) in [6.07, 6.45) is 6.04. The van der Waals surface area contributed by atoms with E-state index in [0.717, 1.165) is 44.7 Å². The van der Waals surface area contributed by atoms with E-state index in [-0.39, 0.29) is 11.8 Å². The number of piperidine rings is 1. The van der Waals surface area contributed by atoms with Crippen LogP contribution in [0.3, 0.4) is 0 Å². The minimum Gasteiger partial charge on any atom is -0.365 e. The Morgan fingerprint density at radius 2 is 2.22 bits per heavy atom. The molecule has 1 fully saturated rings. The molecule has 0 spiro atoms. The van der Waals surface area contributed by atoms with Crippen molar-refractivity contribution in [3.8, 4) is 0 Å². The van der Waals surface area contributed by atoms with Crippen LogP contribution in [0.1, 0.15) is 45.4 Å². The number of thiophene rings is 1. The van der Waals surface area contributed by atoms with Gasteiger partial charge in [0.25, 0.3) is 5.91 Å². The highest BCUT2D eigenvalue weighted by Crippen LogP contribution is 2.29. The first-order valence-corrected chi connectivity index (χ1v) is 10.2. The molecule has 6 nitrogen and oxygen atoms in total. The van der Waals surface area contributed by atoms with Gasteiger partial charge >= 0.3 is 0 Å². The summed E-state index contributed by atoms with van der Waals surface area (Å²) >= 11 is 1.79. The van der Waals surface area contributed by atoms with Gasteiger partial charge in [0.15, 0.2) is 0 Å². The number of carbonyl (C=O) groups excluding carboxylic acids is 1. The van der Waals surface area contributed by atoms with Crippen LogP contribution in [0.4, 0.5) is 0 Å². The molecule has 3 aromatic rings. The second-order valence-corrected chi connectivity index (χ2v) is 8.28. The van der Waals surface area contributed by atoms with Gasteiger partial charge in [-0.25, -0.2) is 0 Å². The molecule has 1 aliphatic rings. The third kappa shape index (κ3) is 3.99. The monoisotopic (exact) mass is 383 g/mol. The zero-order valence-electron chi connectivity index (χ0n) is 15.5. The quantitative estimate of drug-likeness (QED) is 0.712. The molecule has 27 heavy (non-hydrogen) atoms. The van der Waals surface area contributed by atoms with E-state index in [1.54, 1.807) is 22.2 Å². The number of rotatable bonds is 6. The average molecular weight is 384 g/mol. The number of amides is 1. The molecule has 0 bridgehead atoms. The van der Waals surface area contributed by atoms with Crippen molar-refractivity contribution in [1.82, 2.24) is 19.2 Å². The smallest absolute Gasteiger partial charge is 0.252 e. The molecule has 1 amide bonds. The molecular formula is C20H25N5OS. The number of hydrogen-bond donors (Lipinski definition) is 1. The van der Waals surface area contributed by atoms with Gasteiger partial charge in [-0.05, 0) is 43.0 Å². The van der Waals surface area contributed by atoms with E-state index in [2.05, 4.69) is 50.4 Å². The number of primary amides is 1. The number of nitrogens with zero attached hydrogens (tertiary/aromatic N) is 4. The van der Waals surface area contributed by atoms with Crippen LogP contribution in [0.5, 0.6) is 0 Å². The number of likely N-dealkylation sites (tertiary alicyclic amines) is 1. The number of aromatic nitrogens is 3. The van der Waals surface area contributed by atoms with Gasteiger partial charge < -0.3 is 10.3 Å². The van der Waals surface area contributed by atoms with Crippen molar-refractivity contribution >= 4 is 17.2 Å².